The van der Waals surface area contributed by atoms with E-state index in [0.717, 1.165) is 24.3 Å². The number of ether oxygens (including phenoxy) is 1. The van der Waals surface area contributed by atoms with E-state index in [2.05, 4.69) is 0 Å². The number of amides is 1. The van der Waals surface area contributed by atoms with Crippen LogP contribution in [-0.2, 0) is 17.5 Å². The molecule has 2 rings (SSSR count). The number of ketones is 1. The van der Waals surface area contributed by atoms with Gasteiger partial charge in [0.15, 0.2) is 5.78 Å². The fraction of sp³-hybridized carbons (Fsp3) is 0.480. The van der Waals surface area contributed by atoms with E-state index in [-0.39, 0.29) is 36.0 Å². The van der Waals surface area contributed by atoms with Crippen molar-refractivity contribution in [3.8, 4) is 0 Å². The molecule has 0 aliphatic carbocycles. The maximum absolute atomic E-state index is 13.3. The van der Waals surface area contributed by atoms with Gasteiger partial charge in [0.2, 0.25) is 0 Å². The van der Waals surface area contributed by atoms with Crippen LogP contribution >= 0.6 is 0 Å². The van der Waals surface area contributed by atoms with Gasteiger partial charge in [0, 0.05) is 29.9 Å². The summed E-state index contributed by atoms with van der Waals surface area (Å²) in [5.74, 6) is -1.19. The van der Waals surface area contributed by atoms with Crippen molar-refractivity contribution >= 4 is 17.7 Å². The molecular weight excluding hydrogens is 449 g/mol. The lowest BCUT2D eigenvalue weighted by atomic mass is 10.0. The van der Waals surface area contributed by atoms with Crippen LogP contribution in [0.2, 0.25) is 0 Å². The minimum atomic E-state index is -4.51. The van der Waals surface area contributed by atoms with Gasteiger partial charge in [-0.2, -0.15) is 13.2 Å². The highest BCUT2D eigenvalue weighted by molar-refractivity contribution is 6.06. The average Bonchev–Trinajstić information content (AvgIpc) is 3.04. The van der Waals surface area contributed by atoms with Crippen molar-refractivity contribution in [2.45, 2.75) is 53.8 Å². The Hall–Kier alpha value is -3.10. The zero-order valence-electron chi connectivity index (χ0n) is 20.4. The molecule has 0 fully saturated rings. The first-order valence-electron chi connectivity index (χ1n) is 11.1. The highest BCUT2D eigenvalue weighted by Crippen LogP contribution is 2.29. The van der Waals surface area contributed by atoms with Gasteiger partial charge in [-0.3, -0.25) is 9.59 Å². The van der Waals surface area contributed by atoms with Gasteiger partial charge >= 0.3 is 12.1 Å². The molecule has 0 saturated carbocycles. The Kier molecular flexibility index (Phi) is 8.69. The summed E-state index contributed by atoms with van der Waals surface area (Å²) in [5, 5.41) is 0. The van der Waals surface area contributed by atoms with E-state index < -0.39 is 23.6 Å². The van der Waals surface area contributed by atoms with Crippen molar-refractivity contribution in [3.05, 3.63) is 57.9 Å². The van der Waals surface area contributed by atoms with Crippen LogP contribution in [0.25, 0.3) is 0 Å². The van der Waals surface area contributed by atoms with Gasteiger partial charge < -0.3 is 14.2 Å². The van der Waals surface area contributed by atoms with E-state index in [4.69, 9.17) is 4.74 Å². The second kappa shape index (κ2) is 10.9. The lowest BCUT2D eigenvalue weighted by Gasteiger charge is -2.23. The molecule has 6 nitrogen and oxygen atoms in total. The number of hydrogen-bond acceptors (Lipinski definition) is 4. The molecule has 1 heterocycles. The van der Waals surface area contributed by atoms with Gasteiger partial charge in [0.1, 0.15) is 5.69 Å². The van der Waals surface area contributed by atoms with Crippen LogP contribution in [0.1, 0.15) is 75.2 Å². The number of Topliss-reactive ketones (excluding diaryl/α,β-unsaturated/α-hetero) is 1. The van der Waals surface area contributed by atoms with E-state index in [1.807, 2.05) is 20.8 Å². The van der Waals surface area contributed by atoms with Crippen LogP contribution in [0, 0.1) is 19.8 Å². The van der Waals surface area contributed by atoms with Crippen molar-refractivity contribution in [2.75, 3.05) is 20.2 Å². The zero-order chi connectivity index (χ0) is 25.8. The number of rotatable bonds is 9. The highest BCUT2D eigenvalue weighted by atomic mass is 19.4. The molecule has 186 valence electrons. The average molecular weight is 481 g/mol. The fourth-order valence-corrected chi connectivity index (χ4v) is 3.96. The van der Waals surface area contributed by atoms with Gasteiger partial charge in [-0.1, -0.05) is 13.8 Å². The van der Waals surface area contributed by atoms with Crippen molar-refractivity contribution in [1.82, 2.24) is 9.47 Å². The number of carbonyl (C=O) groups is 3. The molecule has 1 aromatic heterocycles. The molecule has 0 unspecified atom stereocenters. The predicted molar refractivity (Wildman–Crippen MR) is 122 cm³/mol. The lowest BCUT2D eigenvalue weighted by molar-refractivity contribution is -0.137. The summed E-state index contributed by atoms with van der Waals surface area (Å²) in [6, 6.07) is 3.96. The third-order valence-corrected chi connectivity index (χ3v) is 5.80. The molecule has 0 spiro atoms. The fourth-order valence-electron chi connectivity index (χ4n) is 3.96. The van der Waals surface area contributed by atoms with Crippen LogP contribution in [0.15, 0.2) is 24.3 Å². The summed E-state index contributed by atoms with van der Waals surface area (Å²) in [4.78, 5) is 40.1. The first kappa shape index (κ1) is 27.1. The van der Waals surface area contributed by atoms with Gasteiger partial charge in [-0.05, 0) is 62.9 Å². The molecule has 0 radical (unpaired) electrons. The van der Waals surface area contributed by atoms with Gasteiger partial charge in [-0.25, -0.2) is 4.79 Å². The van der Waals surface area contributed by atoms with Gasteiger partial charge in [-0.15, -0.1) is 0 Å². The van der Waals surface area contributed by atoms with Crippen molar-refractivity contribution in [1.29, 1.82) is 0 Å². The summed E-state index contributed by atoms with van der Waals surface area (Å²) in [6.45, 7) is 9.63. The second-order valence-corrected chi connectivity index (χ2v) is 8.58. The Morgan fingerprint density at radius 2 is 1.68 bits per heavy atom. The standard InChI is InChI=1S/C25H31F3N2O4/c1-7-30-17(5)21(16(4)22(30)24(33)34-6)20(31)14-29(13-12-15(2)3)23(32)18-8-10-19(11-9-18)25(26,27)28/h8-11,15H,7,12-14H2,1-6H3. The summed E-state index contributed by atoms with van der Waals surface area (Å²) in [7, 11) is 1.27. The lowest BCUT2D eigenvalue weighted by Crippen LogP contribution is -2.37. The molecule has 9 heteroatoms. The highest BCUT2D eigenvalue weighted by Gasteiger charge is 2.31. The molecule has 0 bridgehead atoms. The van der Waals surface area contributed by atoms with Crippen LogP contribution in [-0.4, -0.2) is 47.3 Å². The van der Waals surface area contributed by atoms with Crippen molar-refractivity contribution in [3.63, 3.8) is 0 Å². The normalized spacial score (nSPS) is 11.6. The molecule has 0 aliphatic rings. The number of esters is 1. The third-order valence-electron chi connectivity index (χ3n) is 5.80. The Labute approximate surface area is 197 Å². The predicted octanol–water partition coefficient (Wildman–Crippen LogP) is 5.30. The minimum absolute atomic E-state index is 0.0689. The number of hydrogen-bond donors (Lipinski definition) is 0. The quantitative estimate of drug-likeness (QED) is 0.361. The molecule has 1 amide bonds. The number of methoxy groups -OCH3 is 1. The molecule has 0 atom stereocenters. The smallest absolute Gasteiger partial charge is 0.416 e. The van der Waals surface area contributed by atoms with Crippen LogP contribution in [0.5, 0.6) is 0 Å². The molecule has 34 heavy (non-hydrogen) atoms. The summed E-state index contributed by atoms with van der Waals surface area (Å²) in [5.41, 5.74) is 0.916. The number of carbonyl (C=O) groups excluding carboxylic acids is 3. The third kappa shape index (κ3) is 5.87. The SMILES string of the molecule is CCn1c(C)c(C(=O)CN(CCC(C)C)C(=O)c2ccc(C(F)(F)F)cc2)c(C)c1C(=O)OC. The largest absolute Gasteiger partial charge is 0.464 e. The van der Waals surface area contributed by atoms with E-state index in [1.165, 1.54) is 12.0 Å². The Balaban J connectivity index is 2.40. The Bertz CT molecular complexity index is 1050. The number of halogens is 3. The Morgan fingerprint density at radius 1 is 1.09 bits per heavy atom. The van der Waals surface area contributed by atoms with Gasteiger partial charge in [0.05, 0.1) is 19.2 Å². The van der Waals surface area contributed by atoms with Crippen LogP contribution in [0.3, 0.4) is 0 Å². The summed E-state index contributed by atoms with van der Waals surface area (Å²) >= 11 is 0. The molecular formula is C25H31F3N2O4. The molecule has 2 aromatic rings. The zero-order valence-corrected chi connectivity index (χ0v) is 20.4. The van der Waals surface area contributed by atoms with Crippen LogP contribution in [0.4, 0.5) is 13.2 Å². The second-order valence-electron chi connectivity index (χ2n) is 8.58. The Morgan fingerprint density at radius 3 is 2.15 bits per heavy atom. The summed E-state index contributed by atoms with van der Waals surface area (Å²) < 4.78 is 45.3. The number of benzene rings is 1. The summed E-state index contributed by atoms with van der Waals surface area (Å²) in [6.07, 6.45) is -3.89. The molecule has 0 aliphatic heterocycles. The van der Waals surface area contributed by atoms with Crippen molar-refractivity contribution < 1.29 is 32.3 Å². The first-order chi connectivity index (χ1) is 15.8. The van der Waals surface area contributed by atoms with E-state index >= 15 is 0 Å². The number of aromatic nitrogens is 1. The van der Waals surface area contributed by atoms with Gasteiger partial charge in [0.25, 0.3) is 5.91 Å². The number of alkyl halides is 3. The van der Waals surface area contributed by atoms with Crippen molar-refractivity contribution in [2.24, 2.45) is 5.92 Å². The van der Waals surface area contributed by atoms with E-state index in [0.29, 0.717) is 29.8 Å². The maximum atomic E-state index is 13.3. The van der Waals surface area contributed by atoms with E-state index in [1.54, 1.807) is 18.4 Å². The monoisotopic (exact) mass is 480 g/mol. The van der Waals surface area contributed by atoms with Crippen LogP contribution < -0.4 is 0 Å². The molecule has 0 N–H and O–H groups in total. The number of nitrogens with zero attached hydrogens (tertiary/aromatic N) is 2. The first-order valence-corrected chi connectivity index (χ1v) is 11.1. The molecule has 0 saturated heterocycles. The maximum Gasteiger partial charge on any atom is 0.416 e. The van der Waals surface area contributed by atoms with E-state index in [9.17, 15) is 27.6 Å². The molecule has 1 aromatic carbocycles. The minimum Gasteiger partial charge on any atom is -0.464 e. The topological polar surface area (TPSA) is 68.6 Å².